The summed E-state index contributed by atoms with van der Waals surface area (Å²) in [6.45, 7) is 0. The van der Waals surface area contributed by atoms with Crippen molar-refractivity contribution < 1.29 is 22.1 Å². The van der Waals surface area contributed by atoms with E-state index in [1.807, 2.05) is 0 Å². The Balaban J connectivity index is 1.32. The number of pyridine rings is 1. The van der Waals surface area contributed by atoms with Gasteiger partial charge in [-0.1, -0.05) is 5.16 Å². The number of hydrogen-bond acceptors (Lipinski definition) is 6. The molecule has 1 N–H and O–H groups in total. The predicted molar refractivity (Wildman–Crippen MR) is 96.6 cm³/mol. The van der Waals surface area contributed by atoms with E-state index in [-0.39, 0.29) is 23.9 Å². The summed E-state index contributed by atoms with van der Waals surface area (Å²) >= 11 is 0. The highest BCUT2D eigenvalue weighted by Gasteiger charge is 2.41. The van der Waals surface area contributed by atoms with Crippen LogP contribution in [0.4, 0.5) is 17.6 Å². The van der Waals surface area contributed by atoms with Crippen LogP contribution in [0, 0.1) is 17.1 Å². The number of nitriles is 1. The van der Waals surface area contributed by atoms with Crippen LogP contribution in [0.5, 0.6) is 0 Å². The average Bonchev–Trinajstić information content (AvgIpc) is 3.39. The first-order valence-corrected chi connectivity index (χ1v) is 9.99. The second-order valence-electron chi connectivity index (χ2n) is 8.16. The molecule has 2 fully saturated rings. The zero-order valence-corrected chi connectivity index (χ0v) is 16.1. The smallest absolute Gasteiger partial charge is 0.339 e. The maximum absolute atomic E-state index is 13.2. The molecule has 2 atom stereocenters. The number of nitrogens with one attached hydrogen (secondary N) is 1. The minimum atomic E-state index is -4.60. The van der Waals surface area contributed by atoms with Crippen molar-refractivity contribution in [2.45, 2.75) is 74.5 Å². The summed E-state index contributed by atoms with van der Waals surface area (Å²) in [7, 11) is 0. The molecule has 160 valence electrons. The van der Waals surface area contributed by atoms with E-state index in [2.05, 4.69) is 26.5 Å². The van der Waals surface area contributed by atoms with Crippen molar-refractivity contribution in [1.82, 2.24) is 20.4 Å². The minimum Gasteiger partial charge on any atom is -0.339 e. The van der Waals surface area contributed by atoms with Gasteiger partial charge in [-0.15, -0.1) is 0 Å². The maximum Gasteiger partial charge on any atom is 0.455 e. The van der Waals surface area contributed by atoms with Crippen molar-refractivity contribution in [3.63, 3.8) is 0 Å². The molecule has 2 aliphatic rings. The van der Waals surface area contributed by atoms with Gasteiger partial charge in [0, 0.05) is 18.0 Å². The lowest BCUT2D eigenvalue weighted by atomic mass is 9.71. The monoisotopic (exact) mass is 423 g/mol. The summed E-state index contributed by atoms with van der Waals surface area (Å²) in [5.41, 5.74) is -0.107. The molecule has 0 aliphatic heterocycles. The summed E-state index contributed by atoms with van der Waals surface area (Å²) in [4.78, 5) is 7.63. The van der Waals surface area contributed by atoms with Gasteiger partial charge in [0.25, 0.3) is 5.82 Å². The fourth-order valence-corrected chi connectivity index (χ4v) is 4.57. The molecule has 2 aromatic rings. The lowest BCUT2D eigenvalue weighted by Crippen LogP contribution is -2.43. The van der Waals surface area contributed by atoms with E-state index in [0.717, 1.165) is 25.5 Å². The Hall–Kier alpha value is -2.54. The van der Waals surface area contributed by atoms with Crippen LogP contribution in [0.3, 0.4) is 0 Å². The zero-order valence-electron chi connectivity index (χ0n) is 16.1. The van der Waals surface area contributed by atoms with Crippen LogP contribution < -0.4 is 5.32 Å². The third-order valence-corrected chi connectivity index (χ3v) is 6.22. The molecule has 2 heterocycles. The van der Waals surface area contributed by atoms with Crippen molar-refractivity contribution in [2.75, 3.05) is 0 Å². The molecule has 0 amide bonds. The Morgan fingerprint density at radius 2 is 1.90 bits per heavy atom. The van der Waals surface area contributed by atoms with Crippen LogP contribution in [0.1, 0.15) is 68.3 Å². The molecule has 30 heavy (non-hydrogen) atoms. The molecule has 2 aromatic heterocycles. The van der Waals surface area contributed by atoms with Crippen molar-refractivity contribution in [3.05, 3.63) is 41.6 Å². The first-order valence-electron chi connectivity index (χ1n) is 9.99. The zero-order chi connectivity index (χ0) is 21.4. The van der Waals surface area contributed by atoms with Gasteiger partial charge in [0.1, 0.15) is 5.82 Å². The molecule has 6 nitrogen and oxygen atoms in total. The molecule has 10 heteroatoms. The standard InChI is InChI=1S/C20H21F4N5O/c21-13-2-4-16(26-10-13)19(11-25)7-5-14(6-8-19)27-15-3-1-12(9-15)17-28-18(29-30-17)20(22,23)24/h2,4,10,12,14-15,27H,1,3,5-9H2/t12-,14?,15+,19?/m0/s1. The molecular formula is C20H21F4N5O. The van der Waals surface area contributed by atoms with E-state index in [9.17, 15) is 22.8 Å². The Morgan fingerprint density at radius 1 is 1.13 bits per heavy atom. The SMILES string of the molecule is N#CC1(c2ccc(F)cn2)CCC(N[C@@H]2CC[C@H](c3nc(C(F)(F)F)no3)C2)CC1. The highest BCUT2D eigenvalue weighted by molar-refractivity contribution is 5.27. The lowest BCUT2D eigenvalue weighted by molar-refractivity contribution is -0.146. The molecule has 4 rings (SSSR count). The van der Waals surface area contributed by atoms with E-state index >= 15 is 0 Å². The van der Waals surface area contributed by atoms with E-state index in [4.69, 9.17) is 4.52 Å². The van der Waals surface area contributed by atoms with E-state index < -0.39 is 23.2 Å². The van der Waals surface area contributed by atoms with Gasteiger partial charge in [0.05, 0.1) is 23.4 Å². The molecule has 2 aliphatic carbocycles. The molecule has 0 spiro atoms. The third kappa shape index (κ3) is 4.17. The van der Waals surface area contributed by atoms with Gasteiger partial charge in [-0.3, -0.25) is 4.98 Å². The van der Waals surface area contributed by atoms with Crippen LogP contribution in [-0.2, 0) is 11.6 Å². The Kier molecular flexibility index (Phi) is 5.49. The topological polar surface area (TPSA) is 87.6 Å². The Labute approximate surface area is 170 Å². The molecule has 0 unspecified atom stereocenters. The maximum atomic E-state index is 13.2. The number of aromatic nitrogens is 3. The van der Waals surface area contributed by atoms with Crippen LogP contribution in [0.2, 0.25) is 0 Å². The third-order valence-electron chi connectivity index (χ3n) is 6.22. The largest absolute Gasteiger partial charge is 0.455 e. The quantitative estimate of drug-likeness (QED) is 0.740. The number of rotatable bonds is 4. The second kappa shape index (κ2) is 7.95. The molecule has 2 saturated carbocycles. The number of halogens is 4. The number of alkyl halides is 3. The summed E-state index contributed by atoms with van der Waals surface area (Å²) in [6, 6.07) is 5.65. The van der Waals surface area contributed by atoms with Crippen molar-refractivity contribution in [1.29, 1.82) is 5.26 Å². The summed E-state index contributed by atoms with van der Waals surface area (Å²) in [6.07, 6.45) is 1.45. The Bertz CT molecular complexity index is 913. The van der Waals surface area contributed by atoms with Crippen LogP contribution >= 0.6 is 0 Å². The normalized spacial score (nSPS) is 29.6. The highest BCUT2D eigenvalue weighted by Crippen LogP contribution is 2.40. The van der Waals surface area contributed by atoms with Gasteiger partial charge in [-0.25, -0.2) is 4.39 Å². The number of hydrogen-bond donors (Lipinski definition) is 1. The number of nitrogens with zero attached hydrogens (tertiary/aromatic N) is 4. The van der Waals surface area contributed by atoms with Crippen molar-refractivity contribution in [2.24, 2.45) is 0 Å². The van der Waals surface area contributed by atoms with Crippen molar-refractivity contribution >= 4 is 0 Å². The second-order valence-corrected chi connectivity index (χ2v) is 8.16. The van der Waals surface area contributed by atoms with Crippen molar-refractivity contribution in [3.8, 4) is 6.07 Å². The van der Waals surface area contributed by atoms with Gasteiger partial charge in [-0.05, 0) is 57.1 Å². The first kappa shape index (κ1) is 20.7. The predicted octanol–water partition coefficient (Wildman–Crippen LogP) is 4.25. The van der Waals surface area contributed by atoms with E-state index in [1.165, 1.54) is 6.07 Å². The summed E-state index contributed by atoms with van der Waals surface area (Å²) < 4.78 is 56.0. The van der Waals surface area contributed by atoms with Gasteiger partial charge < -0.3 is 9.84 Å². The molecule has 0 radical (unpaired) electrons. The Morgan fingerprint density at radius 3 is 2.50 bits per heavy atom. The average molecular weight is 423 g/mol. The molecular weight excluding hydrogens is 402 g/mol. The van der Waals surface area contributed by atoms with E-state index in [1.54, 1.807) is 6.07 Å². The molecule has 0 bridgehead atoms. The van der Waals surface area contributed by atoms with Gasteiger partial charge in [0.2, 0.25) is 5.89 Å². The first-order chi connectivity index (χ1) is 14.3. The molecule has 0 saturated heterocycles. The van der Waals surface area contributed by atoms with Gasteiger partial charge in [-0.2, -0.15) is 23.4 Å². The van der Waals surface area contributed by atoms with Crippen LogP contribution in [-0.4, -0.2) is 27.2 Å². The lowest BCUT2D eigenvalue weighted by Gasteiger charge is -2.36. The van der Waals surface area contributed by atoms with Crippen LogP contribution in [0.15, 0.2) is 22.9 Å². The minimum absolute atomic E-state index is 0.0427. The summed E-state index contributed by atoms with van der Waals surface area (Å²) in [5.74, 6) is -1.80. The highest BCUT2D eigenvalue weighted by atomic mass is 19.4. The van der Waals surface area contributed by atoms with Crippen LogP contribution in [0.25, 0.3) is 0 Å². The van der Waals surface area contributed by atoms with E-state index in [0.29, 0.717) is 31.4 Å². The summed E-state index contributed by atoms with van der Waals surface area (Å²) in [5, 5.41) is 16.4. The fourth-order valence-electron chi connectivity index (χ4n) is 4.57. The molecule has 0 aromatic carbocycles. The van der Waals surface area contributed by atoms with Gasteiger partial charge in [0.15, 0.2) is 0 Å². The van der Waals surface area contributed by atoms with Gasteiger partial charge >= 0.3 is 6.18 Å². The fraction of sp³-hybridized carbons (Fsp3) is 0.600.